The Balaban J connectivity index is 2.99. The van der Waals surface area contributed by atoms with Crippen LogP contribution in [0.2, 0.25) is 0 Å². The van der Waals surface area contributed by atoms with Crippen molar-refractivity contribution in [1.29, 1.82) is 0 Å². The van der Waals surface area contributed by atoms with E-state index in [0.29, 0.717) is 0 Å². The average molecular weight is 249 g/mol. The molecule has 90 valence electrons. The molecular formula is C10H13F2NO2S. The Morgan fingerprint density at radius 3 is 2.19 bits per heavy atom. The summed E-state index contributed by atoms with van der Waals surface area (Å²) in [4.78, 5) is -0.105. The molecule has 1 aromatic carbocycles. The monoisotopic (exact) mass is 249 g/mol. The molecule has 6 heteroatoms. The summed E-state index contributed by atoms with van der Waals surface area (Å²) in [6.07, 6.45) is 0. The lowest BCUT2D eigenvalue weighted by Gasteiger charge is -2.13. The van der Waals surface area contributed by atoms with Crippen LogP contribution in [0.1, 0.15) is 5.56 Å². The number of rotatable bonds is 4. The fourth-order valence-electron chi connectivity index (χ4n) is 1.17. The molecule has 0 aromatic heterocycles. The van der Waals surface area contributed by atoms with Crippen LogP contribution >= 0.6 is 0 Å². The Hall–Kier alpha value is -1.01. The molecule has 0 aliphatic carbocycles. The van der Waals surface area contributed by atoms with Gasteiger partial charge in [0.25, 0.3) is 5.92 Å². The number of alkyl halides is 2. The Bertz CT molecular complexity index is 454. The van der Waals surface area contributed by atoms with Crippen LogP contribution in [0.5, 0.6) is 0 Å². The highest BCUT2D eigenvalue weighted by atomic mass is 32.2. The van der Waals surface area contributed by atoms with E-state index >= 15 is 0 Å². The molecule has 0 spiro atoms. The topological polar surface area (TPSA) is 60.2 Å². The molecule has 0 saturated heterocycles. The number of hydrogen-bond acceptors (Lipinski definition) is 3. The molecule has 3 nitrogen and oxygen atoms in total. The minimum absolute atomic E-state index is 0.105. The largest absolute Gasteiger partial charge is 0.325 e. The van der Waals surface area contributed by atoms with Gasteiger partial charge >= 0.3 is 0 Å². The minimum atomic E-state index is -3.98. The SMILES string of the molecule is Cc1ccc(S(=O)(=O)CC(F)(F)CN)cc1. The Kier molecular flexibility index (Phi) is 3.64. The quantitative estimate of drug-likeness (QED) is 0.876. The third-order valence-electron chi connectivity index (χ3n) is 2.08. The zero-order valence-electron chi connectivity index (χ0n) is 8.78. The first-order valence-electron chi connectivity index (χ1n) is 4.64. The molecule has 0 bridgehead atoms. The summed E-state index contributed by atoms with van der Waals surface area (Å²) in [5, 5.41) is 0. The first kappa shape index (κ1) is 13.1. The van der Waals surface area contributed by atoms with Crippen molar-refractivity contribution in [2.45, 2.75) is 17.7 Å². The highest BCUT2D eigenvalue weighted by Gasteiger charge is 2.34. The minimum Gasteiger partial charge on any atom is -0.325 e. The summed E-state index contributed by atoms with van der Waals surface area (Å²) in [6.45, 7) is 0.809. The van der Waals surface area contributed by atoms with Gasteiger partial charge in [-0.25, -0.2) is 17.2 Å². The predicted octanol–water partition coefficient (Wildman–Crippen LogP) is 1.36. The van der Waals surface area contributed by atoms with Gasteiger partial charge < -0.3 is 5.73 Å². The fraction of sp³-hybridized carbons (Fsp3) is 0.400. The molecule has 1 aromatic rings. The number of benzene rings is 1. The van der Waals surface area contributed by atoms with Crippen LogP contribution < -0.4 is 5.73 Å². The van der Waals surface area contributed by atoms with E-state index in [9.17, 15) is 17.2 Å². The smallest absolute Gasteiger partial charge is 0.274 e. The average Bonchev–Trinajstić information content (AvgIpc) is 2.17. The number of nitrogens with two attached hydrogens (primary N) is 1. The molecule has 0 amide bonds. The van der Waals surface area contributed by atoms with E-state index in [2.05, 4.69) is 0 Å². The van der Waals surface area contributed by atoms with Crippen molar-refractivity contribution in [2.75, 3.05) is 12.3 Å². The van der Waals surface area contributed by atoms with Crippen LogP contribution in [0, 0.1) is 6.92 Å². The number of sulfone groups is 1. The van der Waals surface area contributed by atoms with E-state index in [1.807, 2.05) is 0 Å². The maximum atomic E-state index is 12.9. The van der Waals surface area contributed by atoms with Gasteiger partial charge in [0.1, 0.15) is 5.75 Å². The zero-order chi connectivity index (χ0) is 12.4. The summed E-state index contributed by atoms with van der Waals surface area (Å²) < 4.78 is 49.0. The molecule has 2 N–H and O–H groups in total. The number of hydrogen-bond donors (Lipinski definition) is 1. The Morgan fingerprint density at radius 2 is 1.75 bits per heavy atom. The second kappa shape index (κ2) is 4.47. The van der Waals surface area contributed by atoms with Gasteiger partial charge in [-0.1, -0.05) is 17.7 Å². The summed E-state index contributed by atoms with van der Waals surface area (Å²) in [7, 11) is -3.98. The Labute approximate surface area is 93.2 Å². The maximum Gasteiger partial charge on any atom is 0.274 e. The van der Waals surface area contributed by atoms with Gasteiger partial charge in [0.2, 0.25) is 0 Å². The van der Waals surface area contributed by atoms with Crippen molar-refractivity contribution < 1.29 is 17.2 Å². The lowest BCUT2D eigenvalue weighted by atomic mass is 10.2. The van der Waals surface area contributed by atoms with Gasteiger partial charge in [0.15, 0.2) is 9.84 Å². The molecule has 16 heavy (non-hydrogen) atoms. The van der Waals surface area contributed by atoms with E-state index in [0.717, 1.165) is 5.56 Å². The van der Waals surface area contributed by atoms with Crippen molar-refractivity contribution in [1.82, 2.24) is 0 Å². The molecule has 0 atom stereocenters. The van der Waals surface area contributed by atoms with Crippen molar-refractivity contribution in [3.63, 3.8) is 0 Å². The molecule has 0 unspecified atom stereocenters. The van der Waals surface area contributed by atoms with E-state index in [-0.39, 0.29) is 4.90 Å². The zero-order valence-corrected chi connectivity index (χ0v) is 9.60. The van der Waals surface area contributed by atoms with E-state index in [1.165, 1.54) is 12.1 Å². The van der Waals surface area contributed by atoms with Crippen LogP contribution in [-0.2, 0) is 9.84 Å². The van der Waals surface area contributed by atoms with Crippen molar-refractivity contribution in [3.8, 4) is 0 Å². The summed E-state index contributed by atoms with van der Waals surface area (Å²) >= 11 is 0. The predicted molar refractivity (Wildman–Crippen MR) is 57.2 cm³/mol. The van der Waals surface area contributed by atoms with Crippen LogP contribution in [0.15, 0.2) is 29.2 Å². The lowest BCUT2D eigenvalue weighted by molar-refractivity contribution is 0.0357. The molecule has 0 saturated carbocycles. The van der Waals surface area contributed by atoms with Crippen LogP contribution in [0.3, 0.4) is 0 Å². The third-order valence-corrected chi connectivity index (χ3v) is 3.87. The first-order chi connectivity index (χ1) is 7.27. The van der Waals surface area contributed by atoms with Gasteiger partial charge in [-0.15, -0.1) is 0 Å². The first-order valence-corrected chi connectivity index (χ1v) is 6.29. The highest BCUT2D eigenvalue weighted by Crippen LogP contribution is 2.20. The number of aryl methyl sites for hydroxylation is 1. The molecule has 0 heterocycles. The molecule has 0 aliphatic rings. The van der Waals surface area contributed by atoms with Crippen LogP contribution in [-0.4, -0.2) is 26.6 Å². The maximum absolute atomic E-state index is 12.9. The van der Waals surface area contributed by atoms with Crippen molar-refractivity contribution in [3.05, 3.63) is 29.8 Å². The normalized spacial score (nSPS) is 12.8. The summed E-state index contributed by atoms with van der Waals surface area (Å²) in [5.41, 5.74) is 5.67. The summed E-state index contributed by atoms with van der Waals surface area (Å²) in [6, 6.07) is 5.76. The second-order valence-electron chi connectivity index (χ2n) is 3.63. The van der Waals surface area contributed by atoms with E-state index in [4.69, 9.17) is 5.73 Å². The van der Waals surface area contributed by atoms with Gasteiger partial charge in [-0.05, 0) is 19.1 Å². The van der Waals surface area contributed by atoms with Gasteiger partial charge in [0, 0.05) is 0 Å². The highest BCUT2D eigenvalue weighted by molar-refractivity contribution is 7.91. The third kappa shape index (κ3) is 3.24. The van der Waals surface area contributed by atoms with Crippen molar-refractivity contribution in [2.24, 2.45) is 5.73 Å². The lowest BCUT2D eigenvalue weighted by Crippen LogP contribution is -2.35. The molecule has 0 aliphatic heterocycles. The molecular weight excluding hydrogens is 236 g/mol. The standard InChI is InChI=1S/C10H13F2NO2S/c1-8-2-4-9(5-3-8)16(14,15)7-10(11,12)6-13/h2-5H,6-7,13H2,1H3. The van der Waals surface area contributed by atoms with Gasteiger partial charge in [0.05, 0.1) is 11.4 Å². The van der Waals surface area contributed by atoms with Gasteiger partial charge in [-0.2, -0.15) is 0 Å². The van der Waals surface area contributed by atoms with Gasteiger partial charge in [-0.3, -0.25) is 0 Å². The molecule has 0 fully saturated rings. The van der Waals surface area contributed by atoms with E-state index < -0.39 is 28.1 Å². The molecule has 1 rings (SSSR count). The Morgan fingerprint density at radius 1 is 1.25 bits per heavy atom. The summed E-state index contributed by atoms with van der Waals surface area (Å²) in [5.74, 6) is -4.64. The van der Waals surface area contributed by atoms with Crippen molar-refractivity contribution >= 4 is 9.84 Å². The number of halogens is 2. The molecule has 0 radical (unpaired) electrons. The van der Waals surface area contributed by atoms with Crippen LogP contribution in [0.4, 0.5) is 8.78 Å². The fourth-order valence-corrected chi connectivity index (χ4v) is 2.56. The van der Waals surface area contributed by atoms with E-state index in [1.54, 1.807) is 19.1 Å². The second-order valence-corrected chi connectivity index (χ2v) is 5.62. The van der Waals surface area contributed by atoms with Crippen LogP contribution in [0.25, 0.3) is 0 Å².